The standard InChI is InChI=1S/C17H28N4O2/c1-12-13(2)20-14(10-18-12)11-19-15-8-6-7-9-21(15)16(22)23-17(3,4)5/h10,15,19H,6-9,11H2,1-5H3/t15-/m0/s1. The monoisotopic (exact) mass is 320 g/mol. The maximum absolute atomic E-state index is 12.4. The number of amides is 1. The third-order valence-electron chi connectivity index (χ3n) is 3.89. The maximum Gasteiger partial charge on any atom is 0.411 e. The summed E-state index contributed by atoms with van der Waals surface area (Å²) >= 11 is 0. The predicted molar refractivity (Wildman–Crippen MR) is 88.9 cm³/mol. The fourth-order valence-corrected chi connectivity index (χ4v) is 2.58. The van der Waals surface area contributed by atoms with Gasteiger partial charge in [0.25, 0.3) is 0 Å². The van der Waals surface area contributed by atoms with Crippen LogP contribution in [-0.2, 0) is 11.3 Å². The van der Waals surface area contributed by atoms with E-state index in [2.05, 4.69) is 15.3 Å². The Balaban J connectivity index is 1.98. The van der Waals surface area contributed by atoms with E-state index in [1.807, 2.05) is 34.6 Å². The smallest absolute Gasteiger partial charge is 0.411 e. The minimum atomic E-state index is -0.474. The van der Waals surface area contributed by atoms with Gasteiger partial charge in [-0.15, -0.1) is 0 Å². The Morgan fingerprint density at radius 2 is 2.09 bits per heavy atom. The number of carbonyl (C=O) groups is 1. The van der Waals surface area contributed by atoms with Gasteiger partial charge in [-0.3, -0.25) is 20.2 Å². The summed E-state index contributed by atoms with van der Waals surface area (Å²) in [5, 5.41) is 3.42. The Hall–Kier alpha value is -1.69. The molecule has 128 valence electrons. The van der Waals surface area contributed by atoms with Gasteiger partial charge in [-0.25, -0.2) is 4.79 Å². The minimum Gasteiger partial charge on any atom is -0.444 e. The van der Waals surface area contributed by atoms with Gasteiger partial charge in [-0.2, -0.15) is 0 Å². The molecule has 1 amide bonds. The molecule has 1 aliphatic heterocycles. The number of aromatic nitrogens is 2. The Labute approximate surface area is 138 Å². The maximum atomic E-state index is 12.4. The van der Waals surface area contributed by atoms with Crippen LogP contribution in [0.15, 0.2) is 6.20 Å². The Morgan fingerprint density at radius 1 is 1.35 bits per heavy atom. The molecule has 0 spiro atoms. The number of nitrogens with zero attached hydrogens (tertiary/aromatic N) is 3. The molecule has 1 N–H and O–H groups in total. The summed E-state index contributed by atoms with van der Waals surface area (Å²) in [5.74, 6) is 0. The predicted octanol–water partition coefficient (Wildman–Crippen LogP) is 2.93. The van der Waals surface area contributed by atoms with E-state index in [9.17, 15) is 4.79 Å². The van der Waals surface area contributed by atoms with Crippen molar-refractivity contribution in [1.82, 2.24) is 20.2 Å². The first kappa shape index (κ1) is 17.7. The van der Waals surface area contributed by atoms with Gasteiger partial charge in [0, 0.05) is 13.1 Å². The third-order valence-corrected chi connectivity index (χ3v) is 3.89. The lowest BCUT2D eigenvalue weighted by Gasteiger charge is -2.37. The van der Waals surface area contributed by atoms with Gasteiger partial charge in [-0.05, 0) is 53.9 Å². The molecule has 0 saturated carbocycles. The zero-order chi connectivity index (χ0) is 17.0. The molecule has 0 aromatic carbocycles. The quantitative estimate of drug-likeness (QED) is 0.927. The van der Waals surface area contributed by atoms with Crippen molar-refractivity contribution in [3.8, 4) is 0 Å². The van der Waals surface area contributed by atoms with E-state index in [1.165, 1.54) is 0 Å². The average molecular weight is 320 g/mol. The summed E-state index contributed by atoms with van der Waals surface area (Å²) in [5.41, 5.74) is 2.31. The molecule has 1 saturated heterocycles. The number of aryl methyl sites for hydroxylation is 2. The molecule has 1 aromatic heterocycles. The van der Waals surface area contributed by atoms with Crippen molar-refractivity contribution in [3.63, 3.8) is 0 Å². The second-order valence-corrected chi connectivity index (χ2v) is 7.10. The highest BCUT2D eigenvalue weighted by Crippen LogP contribution is 2.19. The molecule has 0 radical (unpaired) electrons. The molecule has 6 nitrogen and oxygen atoms in total. The van der Waals surface area contributed by atoms with E-state index in [1.54, 1.807) is 11.1 Å². The van der Waals surface area contributed by atoms with Crippen LogP contribution in [0.4, 0.5) is 4.79 Å². The third kappa shape index (κ3) is 5.16. The van der Waals surface area contributed by atoms with E-state index < -0.39 is 5.60 Å². The normalized spacial score (nSPS) is 18.8. The van der Waals surface area contributed by atoms with Gasteiger partial charge in [0.2, 0.25) is 0 Å². The second-order valence-electron chi connectivity index (χ2n) is 7.10. The number of rotatable bonds is 3. The van der Waals surface area contributed by atoms with Crippen molar-refractivity contribution in [2.45, 2.75) is 72.2 Å². The van der Waals surface area contributed by atoms with Crippen LogP contribution in [0.25, 0.3) is 0 Å². The van der Waals surface area contributed by atoms with Gasteiger partial charge in [0.1, 0.15) is 5.60 Å². The van der Waals surface area contributed by atoms with E-state index in [0.717, 1.165) is 42.9 Å². The first-order valence-corrected chi connectivity index (χ1v) is 8.28. The number of likely N-dealkylation sites (tertiary alicyclic amines) is 1. The van der Waals surface area contributed by atoms with Crippen LogP contribution in [0.5, 0.6) is 0 Å². The lowest BCUT2D eigenvalue weighted by Crippen LogP contribution is -2.52. The Bertz CT molecular complexity index is 554. The van der Waals surface area contributed by atoms with Gasteiger partial charge in [0.15, 0.2) is 0 Å². The van der Waals surface area contributed by atoms with Crippen LogP contribution in [0.1, 0.15) is 57.1 Å². The molecule has 2 rings (SSSR count). The second kappa shape index (κ2) is 7.25. The van der Waals surface area contributed by atoms with Crippen molar-refractivity contribution in [2.75, 3.05) is 6.54 Å². The summed E-state index contributed by atoms with van der Waals surface area (Å²) in [7, 11) is 0. The van der Waals surface area contributed by atoms with Crippen LogP contribution < -0.4 is 5.32 Å². The van der Waals surface area contributed by atoms with Gasteiger partial charge >= 0.3 is 6.09 Å². The molecule has 1 fully saturated rings. The van der Waals surface area contributed by atoms with Gasteiger partial charge < -0.3 is 4.74 Å². The van der Waals surface area contributed by atoms with E-state index in [-0.39, 0.29) is 12.3 Å². The molecule has 23 heavy (non-hydrogen) atoms. The molecular formula is C17H28N4O2. The fraction of sp³-hybridized carbons (Fsp3) is 0.706. The molecule has 0 aliphatic carbocycles. The SMILES string of the molecule is Cc1ncc(CN[C@@H]2CCCCN2C(=O)OC(C)(C)C)nc1C. The molecule has 1 aromatic rings. The van der Waals surface area contributed by atoms with Crippen molar-refractivity contribution < 1.29 is 9.53 Å². The lowest BCUT2D eigenvalue weighted by atomic mass is 10.1. The zero-order valence-electron chi connectivity index (χ0n) is 14.8. The van der Waals surface area contributed by atoms with Crippen LogP contribution in [0, 0.1) is 13.8 Å². The van der Waals surface area contributed by atoms with Crippen molar-refractivity contribution in [1.29, 1.82) is 0 Å². The number of piperidine rings is 1. The lowest BCUT2D eigenvalue weighted by molar-refractivity contribution is 0.00506. The summed E-state index contributed by atoms with van der Waals surface area (Å²) in [6.45, 7) is 10.9. The highest BCUT2D eigenvalue weighted by atomic mass is 16.6. The molecule has 1 aliphatic rings. The minimum absolute atomic E-state index is 0.0120. The molecule has 0 unspecified atom stereocenters. The number of hydrogen-bond acceptors (Lipinski definition) is 5. The van der Waals surface area contributed by atoms with Crippen molar-refractivity contribution in [3.05, 3.63) is 23.3 Å². The van der Waals surface area contributed by atoms with Gasteiger partial charge in [-0.1, -0.05) is 0 Å². The van der Waals surface area contributed by atoms with Crippen LogP contribution >= 0.6 is 0 Å². The first-order chi connectivity index (χ1) is 10.8. The molecule has 2 heterocycles. The summed E-state index contributed by atoms with van der Waals surface area (Å²) < 4.78 is 5.51. The van der Waals surface area contributed by atoms with E-state index in [0.29, 0.717) is 6.54 Å². The van der Waals surface area contributed by atoms with Crippen molar-refractivity contribution >= 4 is 6.09 Å². The molecule has 6 heteroatoms. The van der Waals surface area contributed by atoms with Crippen molar-refractivity contribution in [2.24, 2.45) is 0 Å². The molecule has 0 bridgehead atoms. The summed E-state index contributed by atoms with van der Waals surface area (Å²) in [6.07, 6.45) is 4.58. The highest BCUT2D eigenvalue weighted by Gasteiger charge is 2.30. The Kier molecular flexibility index (Phi) is 5.57. The van der Waals surface area contributed by atoms with Gasteiger partial charge in [0.05, 0.1) is 29.4 Å². The van der Waals surface area contributed by atoms with Crippen LogP contribution in [-0.4, -0.2) is 39.3 Å². The fourth-order valence-electron chi connectivity index (χ4n) is 2.58. The van der Waals surface area contributed by atoms with Crippen LogP contribution in [0.2, 0.25) is 0 Å². The first-order valence-electron chi connectivity index (χ1n) is 8.28. The number of carbonyl (C=O) groups excluding carboxylic acids is 1. The zero-order valence-corrected chi connectivity index (χ0v) is 14.8. The van der Waals surface area contributed by atoms with Crippen LogP contribution in [0.3, 0.4) is 0 Å². The number of nitrogens with one attached hydrogen (secondary N) is 1. The highest BCUT2D eigenvalue weighted by molar-refractivity contribution is 5.68. The number of ether oxygens (including phenoxy) is 1. The Morgan fingerprint density at radius 3 is 2.74 bits per heavy atom. The van der Waals surface area contributed by atoms with E-state index in [4.69, 9.17) is 4.74 Å². The molecule has 1 atom stereocenters. The topological polar surface area (TPSA) is 67.4 Å². The summed E-state index contributed by atoms with van der Waals surface area (Å²) in [4.78, 5) is 23.0. The van der Waals surface area contributed by atoms with E-state index >= 15 is 0 Å². The summed E-state index contributed by atoms with van der Waals surface area (Å²) in [6, 6.07) is 0. The number of hydrogen-bond donors (Lipinski definition) is 1. The molecular weight excluding hydrogens is 292 g/mol. The largest absolute Gasteiger partial charge is 0.444 e. The average Bonchev–Trinajstić information content (AvgIpc) is 2.47.